The molecular formula is C17H14FNO5. The molecule has 0 fully saturated rings. The standard InChI is InChI=1S/C17H14FNO5/c1-10(16(20)19-13-5-3-12(18)4-6-13)24-17(21)11-2-7-14-15(8-11)23-9-22-14/h2-8,10H,9H2,1H3,(H,19,20)/t10-/m1/s1. The Hall–Kier alpha value is -3.09. The number of anilines is 1. The second kappa shape index (κ2) is 6.57. The monoisotopic (exact) mass is 331 g/mol. The SMILES string of the molecule is C[C@@H](OC(=O)c1ccc2c(c1)OCO2)C(=O)Nc1ccc(F)cc1. The second-order valence-corrected chi connectivity index (χ2v) is 5.11. The minimum Gasteiger partial charge on any atom is -0.454 e. The number of benzene rings is 2. The lowest BCUT2D eigenvalue weighted by Crippen LogP contribution is -2.30. The zero-order chi connectivity index (χ0) is 17.1. The Morgan fingerprint density at radius 3 is 2.58 bits per heavy atom. The Bertz CT molecular complexity index is 775. The van der Waals surface area contributed by atoms with E-state index in [0.717, 1.165) is 0 Å². The van der Waals surface area contributed by atoms with Gasteiger partial charge in [-0.05, 0) is 49.4 Å². The molecule has 0 radical (unpaired) electrons. The van der Waals surface area contributed by atoms with Crippen molar-refractivity contribution in [2.45, 2.75) is 13.0 Å². The van der Waals surface area contributed by atoms with Crippen LogP contribution in [0.1, 0.15) is 17.3 Å². The maximum atomic E-state index is 12.8. The summed E-state index contributed by atoms with van der Waals surface area (Å²) >= 11 is 0. The number of nitrogens with one attached hydrogen (secondary N) is 1. The average Bonchev–Trinajstić information content (AvgIpc) is 3.04. The number of esters is 1. The molecule has 2 aromatic carbocycles. The predicted octanol–water partition coefficient (Wildman–Crippen LogP) is 2.74. The summed E-state index contributed by atoms with van der Waals surface area (Å²) in [5, 5.41) is 2.54. The Morgan fingerprint density at radius 2 is 1.83 bits per heavy atom. The molecule has 1 heterocycles. The quantitative estimate of drug-likeness (QED) is 0.872. The first kappa shape index (κ1) is 15.8. The number of halogens is 1. The summed E-state index contributed by atoms with van der Waals surface area (Å²) in [6.07, 6.45) is -1.02. The molecule has 0 aromatic heterocycles. The number of hydrogen-bond donors (Lipinski definition) is 1. The van der Waals surface area contributed by atoms with Gasteiger partial charge in [0.2, 0.25) is 6.79 Å². The maximum Gasteiger partial charge on any atom is 0.339 e. The molecule has 1 atom stereocenters. The van der Waals surface area contributed by atoms with Crippen molar-refractivity contribution in [3.05, 3.63) is 53.8 Å². The molecule has 0 unspecified atom stereocenters. The number of fused-ring (bicyclic) bond motifs is 1. The molecule has 2 aromatic rings. The van der Waals surface area contributed by atoms with Gasteiger partial charge < -0.3 is 19.5 Å². The summed E-state index contributed by atoms with van der Waals surface area (Å²) in [5.41, 5.74) is 0.660. The van der Waals surface area contributed by atoms with Crippen LogP contribution in [0.2, 0.25) is 0 Å². The van der Waals surface area contributed by atoms with E-state index in [2.05, 4.69) is 5.32 Å². The fourth-order valence-corrected chi connectivity index (χ4v) is 2.08. The van der Waals surface area contributed by atoms with Crippen molar-refractivity contribution in [2.24, 2.45) is 0 Å². The molecule has 1 aliphatic heterocycles. The number of hydrogen-bond acceptors (Lipinski definition) is 5. The molecule has 3 rings (SSSR count). The highest BCUT2D eigenvalue weighted by atomic mass is 19.1. The highest BCUT2D eigenvalue weighted by Gasteiger charge is 2.21. The molecule has 0 saturated carbocycles. The Balaban J connectivity index is 1.61. The van der Waals surface area contributed by atoms with Gasteiger partial charge in [-0.2, -0.15) is 0 Å². The van der Waals surface area contributed by atoms with Crippen molar-refractivity contribution in [3.63, 3.8) is 0 Å². The predicted molar refractivity (Wildman–Crippen MR) is 82.5 cm³/mol. The van der Waals surface area contributed by atoms with Crippen LogP contribution in [0.5, 0.6) is 11.5 Å². The Morgan fingerprint density at radius 1 is 1.12 bits per heavy atom. The molecular weight excluding hydrogens is 317 g/mol. The fraction of sp³-hybridized carbons (Fsp3) is 0.176. The Kier molecular flexibility index (Phi) is 4.33. The van der Waals surface area contributed by atoms with Crippen molar-refractivity contribution >= 4 is 17.6 Å². The van der Waals surface area contributed by atoms with E-state index < -0.39 is 23.8 Å². The molecule has 124 valence electrons. The number of amides is 1. The van der Waals surface area contributed by atoms with Gasteiger partial charge in [0.25, 0.3) is 5.91 Å². The van der Waals surface area contributed by atoms with Crippen molar-refractivity contribution in [3.8, 4) is 11.5 Å². The molecule has 1 N–H and O–H groups in total. The smallest absolute Gasteiger partial charge is 0.339 e. The molecule has 1 amide bonds. The van der Waals surface area contributed by atoms with Crippen LogP contribution in [-0.4, -0.2) is 24.8 Å². The lowest BCUT2D eigenvalue weighted by Gasteiger charge is -2.13. The van der Waals surface area contributed by atoms with Gasteiger partial charge in [-0.3, -0.25) is 4.79 Å². The summed E-state index contributed by atoms with van der Waals surface area (Å²) in [5.74, 6) is -0.581. The highest BCUT2D eigenvalue weighted by molar-refractivity contribution is 5.97. The highest BCUT2D eigenvalue weighted by Crippen LogP contribution is 2.32. The first-order valence-corrected chi connectivity index (χ1v) is 7.20. The lowest BCUT2D eigenvalue weighted by atomic mass is 10.2. The van der Waals surface area contributed by atoms with Crippen LogP contribution in [0, 0.1) is 5.82 Å². The molecule has 0 saturated heterocycles. The van der Waals surface area contributed by atoms with E-state index in [1.807, 2.05) is 0 Å². The maximum absolute atomic E-state index is 12.8. The number of carbonyl (C=O) groups is 2. The minimum absolute atomic E-state index is 0.102. The molecule has 0 aliphatic carbocycles. The second-order valence-electron chi connectivity index (χ2n) is 5.11. The van der Waals surface area contributed by atoms with Gasteiger partial charge in [-0.1, -0.05) is 0 Å². The minimum atomic E-state index is -1.02. The molecule has 7 heteroatoms. The summed E-state index contributed by atoms with van der Waals surface area (Å²) < 4.78 is 28.3. The molecule has 6 nitrogen and oxygen atoms in total. The number of carbonyl (C=O) groups excluding carboxylic acids is 2. The van der Waals surface area contributed by atoms with E-state index >= 15 is 0 Å². The first-order valence-electron chi connectivity index (χ1n) is 7.20. The average molecular weight is 331 g/mol. The third kappa shape index (κ3) is 3.45. The summed E-state index contributed by atoms with van der Waals surface area (Å²) in [6.45, 7) is 1.55. The van der Waals surface area contributed by atoms with Crippen LogP contribution in [0.3, 0.4) is 0 Å². The van der Waals surface area contributed by atoms with Gasteiger partial charge >= 0.3 is 5.97 Å². The van der Waals surface area contributed by atoms with Crippen LogP contribution in [0.25, 0.3) is 0 Å². The van der Waals surface area contributed by atoms with E-state index in [4.69, 9.17) is 14.2 Å². The zero-order valence-corrected chi connectivity index (χ0v) is 12.7. The normalized spacial score (nSPS) is 13.2. The first-order chi connectivity index (χ1) is 11.5. The van der Waals surface area contributed by atoms with Crippen molar-refractivity contribution < 1.29 is 28.2 Å². The number of ether oxygens (including phenoxy) is 3. The van der Waals surface area contributed by atoms with Crippen LogP contribution < -0.4 is 14.8 Å². The molecule has 24 heavy (non-hydrogen) atoms. The summed E-state index contributed by atoms with van der Waals surface area (Å²) in [7, 11) is 0. The topological polar surface area (TPSA) is 73.9 Å². The van der Waals surface area contributed by atoms with E-state index in [-0.39, 0.29) is 12.4 Å². The van der Waals surface area contributed by atoms with Gasteiger partial charge in [-0.25, -0.2) is 9.18 Å². The van der Waals surface area contributed by atoms with Gasteiger partial charge in [0.05, 0.1) is 5.56 Å². The fourth-order valence-electron chi connectivity index (χ4n) is 2.08. The third-order valence-corrected chi connectivity index (χ3v) is 3.37. The van der Waals surface area contributed by atoms with E-state index in [1.54, 1.807) is 6.07 Å². The van der Waals surface area contributed by atoms with Crippen LogP contribution >= 0.6 is 0 Å². The van der Waals surface area contributed by atoms with Gasteiger partial charge in [0, 0.05) is 5.69 Å². The van der Waals surface area contributed by atoms with Crippen molar-refractivity contribution in [1.29, 1.82) is 0 Å². The summed E-state index contributed by atoms with van der Waals surface area (Å²) in [6, 6.07) is 9.90. The van der Waals surface area contributed by atoms with Crippen LogP contribution in [0.15, 0.2) is 42.5 Å². The lowest BCUT2D eigenvalue weighted by molar-refractivity contribution is -0.123. The Labute approximate surface area is 137 Å². The molecule has 0 bridgehead atoms. The largest absolute Gasteiger partial charge is 0.454 e. The summed E-state index contributed by atoms with van der Waals surface area (Å²) in [4.78, 5) is 24.1. The molecule has 1 aliphatic rings. The van der Waals surface area contributed by atoms with Crippen LogP contribution in [0.4, 0.5) is 10.1 Å². The zero-order valence-electron chi connectivity index (χ0n) is 12.7. The van der Waals surface area contributed by atoms with Crippen molar-refractivity contribution in [1.82, 2.24) is 0 Å². The van der Waals surface area contributed by atoms with Gasteiger partial charge in [0.1, 0.15) is 5.82 Å². The number of rotatable bonds is 4. The van der Waals surface area contributed by atoms with E-state index in [1.165, 1.54) is 43.3 Å². The van der Waals surface area contributed by atoms with E-state index in [0.29, 0.717) is 17.2 Å². The van der Waals surface area contributed by atoms with Gasteiger partial charge in [0.15, 0.2) is 17.6 Å². The third-order valence-electron chi connectivity index (χ3n) is 3.37. The van der Waals surface area contributed by atoms with Crippen LogP contribution in [-0.2, 0) is 9.53 Å². The van der Waals surface area contributed by atoms with E-state index in [9.17, 15) is 14.0 Å². The van der Waals surface area contributed by atoms with Gasteiger partial charge in [-0.15, -0.1) is 0 Å². The van der Waals surface area contributed by atoms with Crippen molar-refractivity contribution in [2.75, 3.05) is 12.1 Å². The molecule has 0 spiro atoms.